The van der Waals surface area contributed by atoms with E-state index in [0.29, 0.717) is 0 Å². The predicted molar refractivity (Wildman–Crippen MR) is 75.1 cm³/mol. The molecule has 3 nitrogen and oxygen atoms in total. The summed E-state index contributed by atoms with van der Waals surface area (Å²) in [6.45, 7) is 8.64. The molecule has 0 amide bonds. The first-order valence-corrected chi connectivity index (χ1v) is 6.91. The Morgan fingerprint density at radius 3 is 2.56 bits per heavy atom. The lowest BCUT2D eigenvalue weighted by atomic mass is 10.0. The fourth-order valence-corrected chi connectivity index (χ4v) is 2.04. The molecule has 1 heterocycles. The van der Waals surface area contributed by atoms with Crippen LogP contribution < -0.4 is 15.4 Å². The SMILES string of the molecule is CC(C)Oc1ccc(CCNCC2CNC2)cc1. The molecule has 3 heteroatoms. The van der Waals surface area contributed by atoms with E-state index >= 15 is 0 Å². The average molecular weight is 248 g/mol. The van der Waals surface area contributed by atoms with E-state index < -0.39 is 0 Å². The first kappa shape index (κ1) is 13.4. The van der Waals surface area contributed by atoms with Gasteiger partial charge in [0.25, 0.3) is 0 Å². The van der Waals surface area contributed by atoms with Crippen molar-refractivity contribution in [3.63, 3.8) is 0 Å². The zero-order chi connectivity index (χ0) is 12.8. The molecule has 2 rings (SSSR count). The topological polar surface area (TPSA) is 33.3 Å². The lowest BCUT2D eigenvalue weighted by Gasteiger charge is -2.27. The third-order valence-corrected chi connectivity index (χ3v) is 3.18. The van der Waals surface area contributed by atoms with Crippen molar-refractivity contribution in [2.45, 2.75) is 26.4 Å². The molecular formula is C15H24N2O. The monoisotopic (exact) mass is 248 g/mol. The molecule has 0 aromatic heterocycles. The van der Waals surface area contributed by atoms with E-state index in [2.05, 4.69) is 34.9 Å². The largest absolute Gasteiger partial charge is 0.491 e. The quantitative estimate of drug-likeness (QED) is 0.722. The Balaban J connectivity index is 1.65. The molecule has 0 saturated carbocycles. The van der Waals surface area contributed by atoms with Crippen LogP contribution in [0.1, 0.15) is 19.4 Å². The fraction of sp³-hybridized carbons (Fsp3) is 0.600. The third kappa shape index (κ3) is 4.31. The van der Waals surface area contributed by atoms with Crippen molar-refractivity contribution in [2.24, 2.45) is 5.92 Å². The molecule has 1 saturated heterocycles. The van der Waals surface area contributed by atoms with Gasteiger partial charge < -0.3 is 15.4 Å². The van der Waals surface area contributed by atoms with Gasteiger partial charge in [-0.15, -0.1) is 0 Å². The number of nitrogens with one attached hydrogen (secondary N) is 2. The molecule has 2 N–H and O–H groups in total. The van der Waals surface area contributed by atoms with Crippen molar-refractivity contribution >= 4 is 0 Å². The normalized spacial score (nSPS) is 15.7. The molecule has 0 aliphatic carbocycles. The molecule has 1 aliphatic heterocycles. The molecule has 0 radical (unpaired) electrons. The summed E-state index contributed by atoms with van der Waals surface area (Å²) in [5.41, 5.74) is 1.37. The van der Waals surface area contributed by atoms with Gasteiger partial charge in [0.2, 0.25) is 0 Å². The number of rotatable bonds is 7. The van der Waals surface area contributed by atoms with Crippen LogP contribution in [-0.4, -0.2) is 32.3 Å². The summed E-state index contributed by atoms with van der Waals surface area (Å²) >= 11 is 0. The van der Waals surface area contributed by atoms with Gasteiger partial charge in [0.05, 0.1) is 6.10 Å². The summed E-state index contributed by atoms with van der Waals surface area (Å²) in [5.74, 6) is 1.80. The van der Waals surface area contributed by atoms with Gasteiger partial charge in [-0.3, -0.25) is 0 Å². The Morgan fingerprint density at radius 1 is 1.28 bits per heavy atom. The van der Waals surface area contributed by atoms with E-state index in [1.807, 2.05) is 13.8 Å². The Labute approximate surface area is 110 Å². The van der Waals surface area contributed by atoms with Gasteiger partial charge in [-0.05, 0) is 50.4 Å². The van der Waals surface area contributed by atoms with Crippen LogP contribution in [0.2, 0.25) is 0 Å². The van der Waals surface area contributed by atoms with Gasteiger partial charge >= 0.3 is 0 Å². The van der Waals surface area contributed by atoms with Gasteiger partial charge in [0, 0.05) is 19.6 Å². The minimum absolute atomic E-state index is 0.244. The highest BCUT2D eigenvalue weighted by atomic mass is 16.5. The summed E-state index contributed by atoms with van der Waals surface area (Å²) in [6, 6.07) is 8.44. The molecule has 0 bridgehead atoms. The summed E-state index contributed by atoms with van der Waals surface area (Å²) in [4.78, 5) is 0. The molecule has 0 spiro atoms. The lowest BCUT2D eigenvalue weighted by Crippen LogP contribution is -2.47. The first-order chi connectivity index (χ1) is 8.74. The van der Waals surface area contributed by atoms with Crippen LogP contribution in [0.5, 0.6) is 5.75 Å². The molecule has 100 valence electrons. The van der Waals surface area contributed by atoms with Gasteiger partial charge in [0.1, 0.15) is 5.75 Å². The highest BCUT2D eigenvalue weighted by molar-refractivity contribution is 5.27. The van der Waals surface area contributed by atoms with Crippen LogP contribution in [0.4, 0.5) is 0 Å². The zero-order valence-electron chi connectivity index (χ0n) is 11.4. The maximum absolute atomic E-state index is 5.63. The van der Waals surface area contributed by atoms with Gasteiger partial charge in [-0.1, -0.05) is 12.1 Å². The standard InChI is InChI=1S/C15H24N2O/c1-12(2)18-15-5-3-13(4-6-15)7-8-16-9-14-10-17-11-14/h3-6,12,14,16-17H,7-11H2,1-2H3. The van der Waals surface area contributed by atoms with Crippen molar-refractivity contribution in [1.29, 1.82) is 0 Å². The van der Waals surface area contributed by atoms with Crippen molar-refractivity contribution in [3.05, 3.63) is 29.8 Å². The van der Waals surface area contributed by atoms with Gasteiger partial charge in [0.15, 0.2) is 0 Å². The molecule has 1 fully saturated rings. The minimum Gasteiger partial charge on any atom is -0.491 e. The molecule has 18 heavy (non-hydrogen) atoms. The molecule has 0 unspecified atom stereocenters. The summed E-state index contributed by atoms with van der Waals surface area (Å²) in [6.07, 6.45) is 1.33. The van der Waals surface area contributed by atoms with Crippen molar-refractivity contribution < 1.29 is 4.74 Å². The van der Waals surface area contributed by atoms with E-state index in [9.17, 15) is 0 Å². The average Bonchev–Trinajstić information content (AvgIpc) is 2.28. The lowest BCUT2D eigenvalue weighted by molar-refractivity contribution is 0.242. The van der Waals surface area contributed by atoms with E-state index in [1.165, 1.54) is 18.7 Å². The van der Waals surface area contributed by atoms with Gasteiger partial charge in [-0.2, -0.15) is 0 Å². The number of benzene rings is 1. The van der Waals surface area contributed by atoms with Crippen LogP contribution >= 0.6 is 0 Å². The fourth-order valence-electron chi connectivity index (χ4n) is 2.04. The Hall–Kier alpha value is -1.06. The molecule has 1 aliphatic rings. The summed E-state index contributed by atoms with van der Waals surface area (Å²) in [5, 5.41) is 6.80. The second-order valence-corrected chi connectivity index (χ2v) is 5.29. The van der Waals surface area contributed by atoms with Crippen LogP contribution in [0.3, 0.4) is 0 Å². The maximum atomic E-state index is 5.63. The smallest absolute Gasteiger partial charge is 0.119 e. The minimum atomic E-state index is 0.244. The van der Waals surface area contributed by atoms with Crippen LogP contribution in [0, 0.1) is 5.92 Å². The number of hydrogen-bond acceptors (Lipinski definition) is 3. The first-order valence-electron chi connectivity index (χ1n) is 6.91. The van der Waals surface area contributed by atoms with Crippen molar-refractivity contribution in [2.75, 3.05) is 26.2 Å². The van der Waals surface area contributed by atoms with E-state index in [4.69, 9.17) is 4.74 Å². The Kier molecular flexibility index (Phi) is 5.02. The summed E-state index contributed by atoms with van der Waals surface area (Å²) in [7, 11) is 0. The second-order valence-electron chi connectivity index (χ2n) is 5.29. The Bertz CT molecular complexity index is 344. The van der Waals surface area contributed by atoms with Crippen LogP contribution in [0.15, 0.2) is 24.3 Å². The maximum Gasteiger partial charge on any atom is 0.119 e. The van der Waals surface area contributed by atoms with Crippen molar-refractivity contribution in [3.8, 4) is 5.75 Å². The number of ether oxygens (including phenoxy) is 1. The number of hydrogen-bond donors (Lipinski definition) is 2. The highest BCUT2D eigenvalue weighted by Crippen LogP contribution is 2.13. The molecule has 0 atom stereocenters. The van der Waals surface area contributed by atoms with Crippen molar-refractivity contribution in [1.82, 2.24) is 10.6 Å². The predicted octanol–water partition coefficient (Wildman–Crippen LogP) is 1.83. The van der Waals surface area contributed by atoms with Crippen LogP contribution in [-0.2, 0) is 6.42 Å². The van der Waals surface area contributed by atoms with Crippen LogP contribution in [0.25, 0.3) is 0 Å². The highest BCUT2D eigenvalue weighted by Gasteiger charge is 2.15. The Morgan fingerprint density at radius 2 is 2.00 bits per heavy atom. The van der Waals surface area contributed by atoms with E-state index in [-0.39, 0.29) is 6.10 Å². The molecular weight excluding hydrogens is 224 g/mol. The van der Waals surface area contributed by atoms with E-state index in [1.54, 1.807) is 0 Å². The third-order valence-electron chi connectivity index (χ3n) is 3.18. The van der Waals surface area contributed by atoms with E-state index in [0.717, 1.165) is 31.2 Å². The second kappa shape index (κ2) is 6.76. The molecule has 1 aromatic carbocycles. The summed E-state index contributed by atoms with van der Waals surface area (Å²) < 4.78 is 5.63. The zero-order valence-corrected chi connectivity index (χ0v) is 11.4. The van der Waals surface area contributed by atoms with Gasteiger partial charge in [-0.25, -0.2) is 0 Å². The molecule has 1 aromatic rings.